The maximum atomic E-state index is 11.9. The van der Waals surface area contributed by atoms with Crippen molar-refractivity contribution in [1.82, 2.24) is 9.55 Å². The van der Waals surface area contributed by atoms with Crippen LogP contribution in [0.4, 0.5) is 0 Å². The summed E-state index contributed by atoms with van der Waals surface area (Å²) in [6.07, 6.45) is 5.40. The van der Waals surface area contributed by atoms with Gasteiger partial charge in [0.15, 0.2) is 0 Å². The molecule has 0 atom stereocenters. The molecule has 2 aromatic heterocycles. The molecule has 4 nitrogen and oxygen atoms in total. The summed E-state index contributed by atoms with van der Waals surface area (Å²) in [5.74, 6) is -0.267. The van der Waals surface area contributed by atoms with Crippen molar-refractivity contribution in [3.05, 3.63) is 30.1 Å². The average Bonchev–Trinajstić information content (AvgIpc) is 2.68. The highest BCUT2D eigenvalue weighted by Crippen LogP contribution is 2.19. The lowest BCUT2D eigenvalue weighted by Crippen LogP contribution is -2.05. The predicted molar refractivity (Wildman–Crippen MR) is 65.9 cm³/mol. The maximum Gasteiger partial charge on any atom is 0.340 e. The van der Waals surface area contributed by atoms with Gasteiger partial charge in [0, 0.05) is 24.8 Å². The molecule has 0 radical (unpaired) electrons. The van der Waals surface area contributed by atoms with Gasteiger partial charge in [0.05, 0.1) is 12.2 Å². The van der Waals surface area contributed by atoms with Crippen LogP contribution in [0.3, 0.4) is 0 Å². The van der Waals surface area contributed by atoms with E-state index in [4.69, 9.17) is 4.74 Å². The lowest BCUT2D eigenvalue weighted by Gasteiger charge is -2.01. The number of ether oxygens (including phenoxy) is 1. The molecule has 0 aliphatic carbocycles. The van der Waals surface area contributed by atoms with E-state index in [9.17, 15) is 4.79 Å². The molecule has 0 spiro atoms. The van der Waals surface area contributed by atoms with Crippen LogP contribution >= 0.6 is 0 Å². The molecule has 4 heteroatoms. The van der Waals surface area contributed by atoms with Crippen molar-refractivity contribution in [3.63, 3.8) is 0 Å². The first-order chi connectivity index (χ1) is 8.24. The van der Waals surface area contributed by atoms with Gasteiger partial charge in [0.1, 0.15) is 5.65 Å². The molecule has 2 heterocycles. The number of nitrogens with zero attached hydrogens (tertiary/aromatic N) is 2. The normalized spacial score (nSPS) is 10.7. The van der Waals surface area contributed by atoms with Gasteiger partial charge >= 0.3 is 5.97 Å². The number of aromatic nitrogens is 2. The number of esters is 1. The highest BCUT2D eigenvalue weighted by Gasteiger charge is 2.15. The molecule has 0 aliphatic heterocycles. The fourth-order valence-electron chi connectivity index (χ4n) is 1.76. The van der Waals surface area contributed by atoms with Crippen molar-refractivity contribution in [1.29, 1.82) is 0 Å². The summed E-state index contributed by atoms with van der Waals surface area (Å²) in [5.41, 5.74) is 1.39. The van der Waals surface area contributed by atoms with Crippen LogP contribution in [0.2, 0.25) is 0 Å². The van der Waals surface area contributed by atoms with Crippen molar-refractivity contribution < 1.29 is 9.53 Å². The van der Waals surface area contributed by atoms with Gasteiger partial charge in [-0.1, -0.05) is 13.3 Å². The van der Waals surface area contributed by atoms with Crippen molar-refractivity contribution in [2.24, 2.45) is 7.05 Å². The minimum Gasteiger partial charge on any atom is -0.462 e. The van der Waals surface area contributed by atoms with Crippen LogP contribution in [0.1, 0.15) is 30.1 Å². The van der Waals surface area contributed by atoms with E-state index in [0.717, 1.165) is 23.9 Å². The first-order valence-corrected chi connectivity index (χ1v) is 5.81. The summed E-state index contributed by atoms with van der Waals surface area (Å²) < 4.78 is 7.05. The molecule has 0 saturated carbocycles. The standard InChI is InChI=1S/C13H16N2O2/c1-3-4-8-17-13(16)11-9-15(2)12-10(11)6-5-7-14-12/h5-7,9H,3-4,8H2,1-2H3. The Morgan fingerprint density at radius 1 is 1.53 bits per heavy atom. The molecule has 0 amide bonds. The van der Waals surface area contributed by atoms with Gasteiger partial charge in [-0.05, 0) is 18.6 Å². The molecule has 0 N–H and O–H groups in total. The minimum absolute atomic E-state index is 0.267. The molecule has 0 fully saturated rings. The van der Waals surface area contributed by atoms with E-state index in [1.165, 1.54) is 0 Å². The number of pyridine rings is 1. The predicted octanol–water partition coefficient (Wildman–Crippen LogP) is 2.53. The Balaban J connectivity index is 2.26. The summed E-state index contributed by atoms with van der Waals surface area (Å²) in [6, 6.07) is 3.71. The number of fused-ring (bicyclic) bond motifs is 1. The smallest absolute Gasteiger partial charge is 0.340 e. The Bertz CT molecular complexity index is 531. The van der Waals surface area contributed by atoms with Crippen molar-refractivity contribution in [2.45, 2.75) is 19.8 Å². The molecule has 0 aliphatic rings. The van der Waals surface area contributed by atoms with Crippen LogP contribution in [0, 0.1) is 0 Å². The third kappa shape index (κ3) is 2.30. The van der Waals surface area contributed by atoms with E-state index >= 15 is 0 Å². The third-order valence-electron chi connectivity index (χ3n) is 2.68. The highest BCUT2D eigenvalue weighted by atomic mass is 16.5. The molecule has 2 aromatic rings. The van der Waals surface area contributed by atoms with Gasteiger partial charge in [-0.25, -0.2) is 9.78 Å². The Hall–Kier alpha value is -1.84. The number of hydrogen-bond acceptors (Lipinski definition) is 3. The number of carbonyl (C=O) groups is 1. The number of hydrogen-bond donors (Lipinski definition) is 0. The summed E-state index contributed by atoms with van der Waals surface area (Å²) in [4.78, 5) is 16.1. The topological polar surface area (TPSA) is 44.1 Å². The molecule has 0 unspecified atom stereocenters. The van der Waals surface area contributed by atoms with Crippen LogP contribution in [-0.2, 0) is 11.8 Å². The van der Waals surface area contributed by atoms with E-state index < -0.39 is 0 Å². The Kier molecular flexibility index (Phi) is 3.42. The Labute approximate surface area is 100 Å². The zero-order valence-electron chi connectivity index (χ0n) is 10.1. The number of rotatable bonds is 4. The summed E-state index contributed by atoms with van der Waals surface area (Å²) in [5, 5.41) is 0.844. The van der Waals surface area contributed by atoms with Gasteiger partial charge in [0.25, 0.3) is 0 Å². The van der Waals surface area contributed by atoms with Gasteiger partial charge < -0.3 is 9.30 Å². The molecular weight excluding hydrogens is 216 g/mol. The molecule has 17 heavy (non-hydrogen) atoms. The fraction of sp³-hybridized carbons (Fsp3) is 0.385. The molecular formula is C13H16N2O2. The lowest BCUT2D eigenvalue weighted by molar-refractivity contribution is 0.0502. The molecule has 0 bridgehead atoms. The summed E-state index contributed by atoms with van der Waals surface area (Å²) >= 11 is 0. The zero-order valence-corrected chi connectivity index (χ0v) is 10.1. The second kappa shape index (κ2) is 4.99. The molecule has 0 aromatic carbocycles. The Morgan fingerprint density at radius 3 is 3.12 bits per heavy atom. The quantitative estimate of drug-likeness (QED) is 0.601. The summed E-state index contributed by atoms with van der Waals surface area (Å²) in [6.45, 7) is 2.54. The first kappa shape index (κ1) is 11.6. The zero-order chi connectivity index (χ0) is 12.3. The largest absolute Gasteiger partial charge is 0.462 e. The van der Waals surface area contributed by atoms with E-state index in [1.807, 2.05) is 23.7 Å². The van der Waals surface area contributed by atoms with E-state index in [1.54, 1.807) is 12.4 Å². The van der Waals surface area contributed by atoms with Crippen LogP contribution in [-0.4, -0.2) is 22.1 Å². The number of carbonyl (C=O) groups excluding carboxylic acids is 1. The van der Waals surface area contributed by atoms with Crippen LogP contribution in [0.25, 0.3) is 11.0 Å². The number of unbranched alkanes of at least 4 members (excludes halogenated alkanes) is 1. The molecule has 90 valence electrons. The second-order valence-electron chi connectivity index (χ2n) is 4.02. The second-order valence-corrected chi connectivity index (χ2v) is 4.02. The number of aryl methyl sites for hydroxylation is 1. The van der Waals surface area contributed by atoms with Gasteiger partial charge in [-0.15, -0.1) is 0 Å². The average molecular weight is 232 g/mol. The van der Waals surface area contributed by atoms with Gasteiger partial charge in [-0.3, -0.25) is 0 Å². The fourth-order valence-corrected chi connectivity index (χ4v) is 1.76. The van der Waals surface area contributed by atoms with Crippen LogP contribution in [0.15, 0.2) is 24.5 Å². The maximum absolute atomic E-state index is 11.9. The lowest BCUT2D eigenvalue weighted by atomic mass is 10.2. The van der Waals surface area contributed by atoms with Crippen LogP contribution < -0.4 is 0 Å². The van der Waals surface area contributed by atoms with E-state index in [0.29, 0.717) is 12.2 Å². The molecule has 2 rings (SSSR count). The van der Waals surface area contributed by atoms with E-state index in [2.05, 4.69) is 11.9 Å². The van der Waals surface area contributed by atoms with Crippen molar-refractivity contribution >= 4 is 17.0 Å². The van der Waals surface area contributed by atoms with Crippen molar-refractivity contribution in [2.75, 3.05) is 6.61 Å². The van der Waals surface area contributed by atoms with Gasteiger partial charge in [0.2, 0.25) is 0 Å². The van der Waals surface area contributed by atoms with Crippen LogP contribution in [0.5, 0.6) is 0 Å². The molecule has 0 saturated heterocycles. The van der Waals surface area contributed by atoms with E-state index in [-0.39, 0.29) is 5.97 Å². The highest BCUT2D eigenvalue weighted by molar-refractivity contribution is 6.03. The minimum atomic E-state index is -0.267. The SMILES string of the molecule is CCCCOC(=O)c1cn(C)c2ncccc12. The first-order valence-electron chi connectivity index (χ1n) is 5.81. The summed E-state index contributed by atoms with van der Waals surface area (Å²) in [7, 11) is 1.87. The third-order valence-corrected chi connectivity index (χ3v) is 2.68. The Morgan fingerprint density at radius 2 is 2.35 bits per heavy atom. The van der Waals surface area contributed by atoms with Gasteiger partial charge in [-0.2, -0.15) is 0 Å². The monoisotopic (exact) mass is 232 g/mol. The van der Waals surface area contributed by atoms with Crippen molar-refractivity contribution in [3.8, 4) is 0 Å².